The van der Waals surface area contributed by atoms with Crippen molar-refractivity contribution in [3.05, 3.63) is 35.9 Å². The number of amides is 1. The molecule has 140 valence electrons. The Morgan fingerprint density at radius 1 is 1.23 bits per heavy atom. The van der Waals surface area contributed by atoms with E-state index in [9.17, 15) is 13.2 Å². The number of carbonyl (C=O) groups excluding carboxylic acids is 1. The fraction of sp³-hybridized carbons (Fsp3) is 0.650. The summed E-state index contributed by atoms with van der Waals surface area (Å²) in [6, 6.07) is 9.64. The summed E-state index contributed by atoms with van der Waals surface area (Å²) in [5, 5.41) is 0. The van der Waals surface area contributed by atoms with Crippen LogP contribution >= 0.6 is 0 Å². The van der Waals surface area contributed by atoms with Crippen LogP contribution < -0.4 is 0 Å². The number of fused-ring (bicyclic) bond motifs is 1. The van der Waals surface area contributed by atoms with Gasteiger partial charge in [0.15, 0.2) is 0 Å². The molecule has 1 aromatic rings. The molecule has 2 saturated carbocycles. The molecule has 2 heterocycles. The zero-order chi connectivity index (χ0) is 18.3. The molecule has 1 amide bonds. The van der Waals surface area contributed by atoms with Crippen molar-refractivity contribution in [2.75, 3.05) is 12.3 Å². The Kier molecular flexibility index (Phi) is 3.29. The van der Waals surface area contributed by atoms with E-state index in [1.54, 1.807) is 0 Å². The molecule has 5 nitrogen and oxygen atoms in total. The number of sulfonamides is 1. The van der Waals surface area contributed by atoms with E-state index in [-0.39, 0.29) is 34.6 Å². The third-order valence-electron chi connectivity index (χ3n) is 7.86. The van der Waals surface area contributed by atoms with E-state index < -0.39 is 10.0 Å². The Morgan fingerprint density at radius 2 is 1.96 bits per heavy atom. The molecule has 0 N–H and O–H groups in total. The molecule has 2 bridgehead atoms. The van der Waals surface area contributed by atoms with Crippen molar-refractivity contribution in [3.8, 4) is 0 Å². The molecular weight excluding hydrogens is 348 g/mol. The molecule has 26 heavy (non-hydrogen) atoms. The van der Waals surface area contributed by atoms with E-state index in [1.165, 1.54) is 4.31 Å². The maximum absolute atomic E-state index is 13.2. The molecule has 5 rings (SSSR count). The Balaban J connectivity index is 1.38. The summed E-state index contributed by atoms with van der Waals surface area (Å²) in [4.78, 5) is 15.2. The number of carbonyl (C=O) groups is 1. The lowest BCUT2D eigenvalue weighted by atomic mass is 9.69. The summed E-state index contributed by atoms with van der Waals surface area (Å²) in [6.45, 7) is 5.79. The highest BCUT2D eigenvalue weighted by Crippen LogP contribution is 2.70. The summed E-state index contributed by atoms with van der Waals surface area (Å²) in [6.07, 6.45) is 2.89. The van der Waals surface area contributed by atoms with E-state index in [4.69, 9.17) is 0 Å². The standard InChI is InChI=1S/C20H26N2O3S/c1-19(2)15-8-9-20(19)13-26(24,25)22(17(20)10-15)18(23)16-12-21(16)11-14-6-4-3-5-7-14/h3-7,15-17H,8-13H2,1-2H3/t15-,16?,17-,20-,21?/m0/s1. The summed E-state index contributed by atoms with van der Waals surface area (Å²) in [7, 11) is -3.50. The summed E-state index contributed by atoms with van der Waals surface area (Å²) in [5.41, 5.74) is 0.933. The quantitative estimate of drug-likeness (QED) is 0.762. The Labute approximate surface area is 155 Å². The van der Waals surface area contributed by atoms with Gasteiger partial charge in [-0.15, -0.1) is 0 Å². The van der Waals surface area contributed by atoms with Gasteiger partial charge >= 0.3 is 0 Å². The third-order valence-corrected chi connectivity index (χ3v) is 9.77. The number of hydrogen-bond donors (Lipinski definition) is 0. The Morgan fingerprint density at radius 3 is 2.65 bits per heavy atom. The SMILES string of the molecule is CC1(C)[C@H]2CC[C@@]13CS(=O)(=O)N(C(=O)C1CN1Cc1ccccc1)[C@H]3C2. The lowest BCUT2D eigenvalue weighted by molar-refractivity contribution is -0.129. The second kappa shape index (κ2) is 5.10. The first-order valence-electron chi connectivity index (χ1n) is 9.60. The fourth-order valence-corrected chi connectivity index (χ4v) is 8.70. The largest absolute Gasteiger partial charge is 0.284 e. The first-order chi connectivity index (χ1) is 12.3. The zero-order valence-corrected chi connectivity index (χ0v) is 16.2. The van der Waals surface area contributed by atoms with Gasteiger partial charge in [-0.3, -0.25) is 9.69 Å². The van der Waals surface area contributed by atoms with Crippen LogP contribution in [0.1, 0.15) is 38.7 Å². The van der Waals surface area contributed by atoms with Gasteiger partial charge < -0.3 is 0 Å². The minimum Gasteiger partial charge on any atom is -0.284 e. The van der Waals surface area contributed by atoms with Crippen LogP contribution in [-0.4, -0.2) is 47.9 Å². The minimum absolute atomic E-state index is 0.00699. The van der Waals surface area contributed by atoms with Crippen LogP contribution in [-0.2, 0) is 21.4 Å². The van der Waals surface area contributed by atoms with E-state index in [0.717, 1.165) is 24.8 Å². The van der Waals surface area contributed by atoms with Gasteiger partial charge in [-0.2, -0.15) is 0 Å². The van der Waals surface area contributed by atoms with Gasteiger partial charge in [0.1, 0.15) is 6.04 Å². The number of rotatable bonds is 3. The normalized spacial score (nSPS) is 41.2. The van der Waals surface area contributed by atoms with Gasteiger partial charge in [0, 0.05) is 18.5 Å². The Bertz CT molecular complexity index is 866. The molecule has 4 fully saturated rings. The first kappa shape index (κ1) is 16.8. The van der Waals surface area contributed by atoms with Crippen molar-refractivity contribution in [3.63, 3.8) is 0 Å². The molecule has 2 aliphatic heterocycles. The molecule has 4 aliphatic rings. The van der Waals surface area contributed by atoms with E-state index in [1.807, 2.05) is 30.3 Å². The number of benzene rings is 1. The molecule has 1 aromatic carbocycles. The van der Waals surface area contributed by atoms with Crippen molar-refractivity contribution in [1.82, 2.24) is 9.21 Å². The van der Waals surface area contributed by atoms with Gasteiger partial charge in [0.2, 0.25) is 10.0 Å². The summed E-state index contributed by atoms with van der Waals surface area (Å²) in [5.74, 6) is 0.509. The van der Waals surface area contributed by atoms with Gasteiger partial charge in [-0.1, -0.05) is 44.2 Å². The monoisotopic (exact) mass is 374 g/mol. The molecular formula is C20H26N2O3S. The van der Waals surface area contributed by atoms with Crippen molar-refractivity contribution in [2.45, 2.75) is 51.7 Å². The van der Waals surface area contributed by atoms with Crippen LogP contribution in [0.5, 0.6) is 0 Å². The molecule has 2 saturated heterocycles. The van der Waals surface area contributed by atoms with Gasteiger partial charge in [-0.25, -0.2) is 12.7 Å². The average molecular weight is 375 g/mol. The number of nitrogens with zero attached hydrogens (tertiary/aromatic N) is 2. The van der Waals surface area contributed by atoms with Crippen molar-refractivity contribution >= 4 is 15.9 Å². The minimum atomic E-state index is -3.50. The van der Waals surface area contributed by atoms with Crippen LogP contribution in [0.2, 0.25) is 0 Å². The van der Waals surface area contributed by atoms with Gasteiger partial charge in [0.05, 0.1) is 11.8 Å². The Hall–Kier alpha value is -1.40. The van der Waals surface area contributed by atoms with Crippen LogP contribution in [0.15, 0.2) is 30.3 Å². The van der Waals surface area contributed by atoms with Gasteiger partial charge in [0.25, 0.3) is 5.91 Å². The maximum atomic E-state index is 13.2. The summed E-state index contributed by atoms with van der Waals surface area (Å²) >= 11 is 0. The van der Waals surface area contributed by atoms with E-state index in [0.29, 0.717) is 19.0 Å². The van der Waals surface area contributed by atoms with E-state index >= 15 is 0 Å². The first-order valence-corrected chi connectivity index (χ1v) is 11.2. The summed E-state index contributed by atoms with van der Waals surface area (Å²) < 4.78 is 27.3. The van der Waals surface area contributed by atoms with Crippen LogP contribution in [0.25, 0.3) is 0 Å². The average Bonchev–Trinajstić information content (AvgIpc) is 3.19. The molecule has 6 heteroatoms. The molecule has 2 aliphatic carbocycles. The van der Waals surface area contributed by atoms with Crippen LogP contribution in [0.3, 0.4) is 0 Å². The smallest absolute Gasteiger partial charge is 0.255 e. The third kappa shape index (κ3) is 2.06. The van der Waals surface area contributed by atoms with Crippen LogP contribution in [0, 0.1) is 16.7 Å². The molecule has 2 unspecified atom stereocenters. The van der Waals surface area contributed by atoms with Crippen molar-refractivity contribution in [1.29, 1.82) is 0 Å². The second-order valence-electron chi connectivity index (χ2n) is 9.19. The molecule has 0 aromatic heterocycles. The molecule has 0 radical (unpaired) electrons. The predicted molar refractivity (Wildman–Crippen MR) is 98.6 cm³/mol. The molecule has 1 spiro atoms. The van der Waals surface area contributed by atoms with Gasteiger partial charge in [-0.05, 0) is 36.2 Å². The highest BCUT2D eigenvalue weighted by Gasteiger charge is 2.72. The van der Waals surface area contributed by atoms with E-state index in [2.05, 4.69) is 18.7 Å². The van der Waals surface area contributed by atoms with Crippen molar-refractivity contribution in [2.24, 2.45) is 16.7 Å². The fourth-order valence-electron chi connectivity index (χ4n) is 6.13. The maximum Gasteiger partial charge on any atom is 0.255 e. The second-order valence-corrected chi connectivity index (χ2v) is 11.0. The lowest BCUT2D eigenvalue weighted by Crippen LogP contribution is -2.46. The predicted octanol–water partition coefficient (Wildman–Crippen LogP) is 2.24. The highest BCUT2D eigenvalue weighted by molar-refractivity contribution is 7.90. The van der Waals surface area contributed by atoms with Crippen LogP contribution in [0.4, 0.5) is 0 Å². The topological polar surface area (TPSA) is 57.5 Å². The number of hydrogen-bond acceptors (Lipinski definition) is 4. The zero-order valence-electron chi connectivity index (χ0n) is 15.4. The van der Waals surface area contributed by atoms with Crippen molar-refractivity contribution < 1.29 is 13.2 Å². The highest BCUT2D eigenvalue weighted by atomic mass is 32.2. The molecule has 5 atom stereocenters. The lowest BCUT2D eigenvalue weighted by Gasteiger charge is -2.37.